The molecule has 1 unspecified atom stereocenters. The molecule has 0 fully saturated rings. The molecular weight excluding hydrogens is 226 g/mol. The van der Waals surface area contributed by atoms with Gasteiger partial charge >= 0.3 is 0 Å². The van der Waals surface area contributed by atoms with Crippen LogP contribution in [0.4, 0.5) is 14.5 Å². The van der Waals surface area contributed by atoms with Gasteiger partial charge in [-0.25, -0.2) is 8.78 Å². The Hall–Kier alpha value is -1.49. The lowest BCUT2D eigenvalue weighted by atomic mass is 10.0. The highest BCUT2D eigenvalue weighted by molar-refractivity contribution is 5.91. The highest BCUT2D eigenvalue weighted by Gasteiger charge is 2.13. The number of hydrogen-bond acceptors (Lipinski definition) is 2. The summed E-state index contributed by atoms with van der Waals surface area (Å²) in [6.07, 6.45) is 0.121. The predicted molar refractivity (Wildman–Crippen MR) is 62.4 cm³/mol. The number of carbonyl (C=O) groups is 1. The van der Waals surface area contributed by atoms with E-state index in [2.05, 4.69) is 5.32 Å². The molecule has 0 aliphatic heterocycles. The number of nitrogens with two attached hydrogens (primary N) is 1. The summed E-state index contributed by atoms with van der Waals surface area (Å²) in [7, 11) is 0. The Bertz CT molecular complexity index is 387. The zero-order valence-electron chi connectivity index (χ0n) is 9.84. The van der Waals surface area contributed by atoms with Gasteiger partial charge in [-0.2, -0.15) is 0 Å². The average Bonchev–Trinajstić information content (AvgIpc) is 2.14. The number of amides is 1. The number of halogens is 2. The van der Waals surface area contributed by atoms with Crippen molar-refractivity contribution in [3.8, 4) is 0 Å². The SMILES string of the molecule is CC(C)C(N)CC(=O)Nc1cc(F)cc(F)c1. The lowest BCUT2D eigenvalue weighted by Crippen LogP contribution is -2.31. The number of benzene rings is 1. The molecule has 3 nitrogen and oxygen atoms in total. The van der Waals surface area contributed by atoms with Crippen molar-refractivity contribution in [1.82, 2.24) is 0 Å². The number of rotatable bonds is 4. The molecule has 0 heterocycles. The van der Waals surface area contributed by atoms with Crippen molar-refractivity contribution in [3.63, 3.8) is 0 Å². The summed E-state index contributed by atoms with van der Waals surface area (Å²) in [5, 5.41) is 2.41. The molecule has 0 saturated carbocycles. The number of anilines is 1. The van der Waals surface area contributed by atoms with E-state index < -0.39 is 11.6 Å². The molecule has 0 radical (unpaired) electrons. The van der Waals surface area contributed by atoms with Gasteiger partial charge in [0.25, 0.3) is 0 Å². The summed E-state index contributed by atoms with van der Waals surface area (Å²) in [6.45, 7) is 3.81. The summed E-state index contributed by atoms with van der Waals surface area (Å²) in [6, 6.07) is 2.59. The Morgan fingerprint density at radius 1 is 1.29 bits per heavy atom. The monoisotopic (exact) mass is 242 g/mol. The maximum Gasteiger partial charge on any atom is 0.225 e. The van der Waals surface area contributed by atoms with Crippen LogP contribution in [0.25, 0.3) is 0 Å². The first-order valence-corrected chi connectivity index (χ1v) is 5.40. The van der Waals surface area contributed by atoms with Crippen molar-refractivity contribution in [1.29, 1.82) is 0 Å². The molecule has 5 heteroatoms. The fourth-order valence-corrected chi connectivity index (χ4v) is 1.29. The van der Waals surface area contributed by atoms with Crippen LogP contribution in [0.15, 0.2) is 18.2 Å². The van der Waals surface area contributed by atoms with E-state index >= 15 is 0 Å². The average molecular weight is 242 g/mol. The van der Waals surface area contributed by atoms with Gasteiger partial charge in [0.05, 0.1) is 0 Å². The van der Waals surface area contributed by atoms with Gasteiger partial charge < -0.3 is 11.1 Å². The second kappa shape index (κ2) is 5.72. The van der Waals surface area contributed by atoms with Crippen LogP contribution in [0.1, 0.15) is 20.3 Å². The highest BCUT2D eigenvalue weighted by atomic mass is 19.1. The minimum Gasteiger partial charge on any atom is -0.327 e. The van der Waals surface area contributed by atoms with Gasteiger partial charge in [-0.1, -0.05) is 13.8 Å². The van der Waals surface area contributed by atoms with Crippen LogP contribution in [0.5, 0.6) is 0 Å². The maximum atomic E-state index is 12.9. The van der Waals surface area contributed by atoms with E-state index in [1.165, 1.54) is 0 Å². The van der Waals surface area contributed by atoms with E-state index in [0.717, 1.165) is 18.2 Å². The predicted octanol–water partition coefficient (Wildman–Crippen LogP) is 2.28. The van der Waals surface area contributed by atoms with Gasteiger partial charge in [0.15, 0.2) is 0 Å². The molecule has 1 aromatic carbocycles. The molecule has 17 heavy (non-hydrogen) atoms. The summed E-state index contributed by atoms with van der Waals surface area (Å²) < 4.78 is 25.7. The maximum absolute atomic E-state index is 12.9. The summed E-state index contributed by atoms with van der Waals surface area (Å²) in [5.74, 6) is -1.64. The smallest absolute Gasteiger partial charge is 0.225 e. The molecule has 0 aromatic heterocycles. The van der Waals surface area contributed by atoms with Crippen LogP contribution in [0.3, 0.4) is 0 Å². The van der Waals surface area contributed by atoms with Gasteiger partial charge in [-0.3, -0.25) is 4.79 Å². The fraction of sp³-hybridized carbons (Fsp3) is 0.417. The van der Waals surface area contributed by atoms with Gasteiger partial charge in [0, 0.05) is 24.2 Å². The minimum atomic E-state index is -0.728. The van der Waals surface area contributed by atoms with E-state index in [1.54, 1.807) is 0 Å². The van der Waals surface area contributed by atoms with Gasteiger partial charge in [0.2, 0.25) is 5.91 Å². The van der Waals surface area contributed by atoms with Gasteiger partial charge in [-0.05, 0) is 18.1 Å². The molecule has 1 rings (SSSR count). The van der Waals surface area contributed by atoms with Crippen molar-refractivity contribution >= 4 is 11.6 Å². The van der Waals surface area contributed by atoms with Crippen molar-refractivity contribution in [2.75, 3.05) is 5.32 Å². The Morgan fingerprint density at radius 2 is 1.82 bits per heavy atom. The molecule has 0 bridgehead atoms. The van der Waals surface area contributed by atoms with Crippen molar-refractivity contribution < 1.29 is 13.6 Å². The third-order valence-electron chi connectivity index (χ3n) is 2.42. The van der Waals surface area contributed by atoms with Crippen molar-refractivity contribution in [2.24, 2.45) is 11.7 Å². The third kappa shape index (κ3) is 4.48. The number of hydrogen-bond donors (Lipinski definition) is 2. The first kappa shape index (κ1) is 13.6. The van der Waals surface area contributed by atoms with E-state index in [4.69, 9.17) is 5.73 Å². The molecule has 1 atom stereocenters. The first-order valence-electron chi connectivity index (χ1n) is 5.40. The zero-order valence-corrected chi connectivity index (χ0v) is 9.84. The van der Waals surface area contributed by atoms with Gasteiger partial charge in [0.1, 0.15) is 11.6 Å². The third-order valence-corrected chi connectivity index (χ3v) is 2.42. The zero-order chi connectivity index (χ0) is 13.0. The van der Waals surface area contributed by atoms with Gasteiger partial charge in [-0.15, -0.1) is 0 Å². The minimum absolute atomic E-state index is 0.100. The lowest BCUT2D eigenvalue weighted by Gasteiger charge is -2.15. The quantitative estimate of drug-likeness (QED) is 0.851. The standard InChI is InChI=1S/C12H16F2N2O/c1-7(2)11(15)6-12(17)16-10-4-8(13)3-9(14)5-10/h3-5,7,11H,6,15H2,1-2H3,(H,16,17). The molecule has 0 aliphatic rings. The molecule has 1 amide bonds. The largest absolute Gasteiger partial charge is 0.327 e. The van der Waals surface area contributed by atoms with Crippen LogP contribution < -0.4 is 11.1 Å². The Morgan fingerprint density at radius 3 is 2.29 bits per heavy atom. The van der Waals surface area contributed by atoms with Crippen LogP contribution >= 0.6 is 0 Å². The topological polar surface area (TPSA) is 55.1 Å². The molecule has 0 aliphatic carbocycles. The molecule has 1 aromatic rings. The Labute approximate surface area is 99.0 Å². The second-order valence-electron chi connectivity index (χ2n) is 4.32. The fourth-order valence-electron chi connectivity index (χ4n) is 1.29. The first-order chi connectivity index (χ1) is 7.88. The molecule has 0 saturated heterocycles. The van der Waals surface area contributed by atoms with Crippen LogP contribution in [-0.4, -0.2) is 11.9 Å². The number of nitrogens with one attached hydrogen (secondary N) is 1. The molecule has 3 N–H and O–H groups in total. The van der Waals surface area contributed by atoms with E-state index in [-0.39, 0.29) is 30.0 Å². The Kier molecular flexibility index (Phi) is 4.57. The normalized spacial score (nSPS) is 12.6. The molecule has 94 valence electrons. The lowest BCUT2D eigenvalue weighted by molar-refractivity contribution is -0.116. The van der Waals surface area contributed by atoms with Crippen molar-refractivity contribution in [2.45, 2.75) is 26.3 Å². The summed E-state index contributed by atoms with van der Waals surface area (Å²) in [5.41, 5.74) is 5.82. The molecular formula is C12H16F2N2O. The van der Waals surface area contributed by atoms with E-state index in [1.807, 2.05) is 13.8 Å². The number of carbonyl (C=O) groups excluding carboxylic acids is 1. The van der Waals surface area contributed by atoms with Crippen LogP contribution in [0.2, 0.25) is 0 Å². The molecule has 0 spiro atoms. The van der Waals surface area contributed by atoms with E-state index in [0.29, 0.717) is 0 Å². The van der Waals surface area contributed by atoms with E-state index in [9.17, 15) is 13.6 Å². The second-order valence-corrected chi connectivity index (χ2v) is 4.32. The van der Waals surface area contributed by atoms with Crippen LogP contribution in [0, 0.1) is 17.6 Å². The van der Waals surface area contributed by atoms with Crippen LogP contribution in [-0.2, 0) is 4.79 Å². The summed E-state index contributed by atoms with van der Waals surface area (Å²) in [4.78, 5) is 11.5. The highest BCUT2D eigenvalue weighted by Crippen LogP contribution is 2.13. The Balaban J connectivity index is 2.62. The van der Waals surface area contributed by atoms with Crippen molar-refractivity contribution in [3.05, 3.63) is 29.8 Å². The summed E-state index contributed by atoms with van der Waals surface area (Å²) >= 11 is 0.